The average Bonchev–Trinajstić information content (AvgIpc) is 3.52. The van der Waals surface area contributed by atoms with E-state index in [0.29, 0.717) is 5.95 Å². The lowest BCUT2D eigenvalue weighted by Crippen LogP contribution is -2.52. The first-order valence-electron chi connectivity index (χ1n) is 15.7. The molecule has 0 spiro atoms. The molecule has 4 fully saturated rings. The molecule has 0 unspecified atom stereocenters. The fourth-order valence-electron chi connectivity index (χ4n) is 7.69. The van der Waals surface area contributed by atoms with Gasteiger partial charge in [0.1, 0.15) is 5.75 Å². The van der Waals surface area contributed by atoms with Gasteiger partial charge in [-0.25, -0.2) is 9.97 Å². The highest BCUT2D eigenvalue weighted by Crippen LogP contribution is 2.58. The molecule has 1 aromatic carbocycles. The van der Waals surface area contributed by atoms with Gasteiger partial charge in [0.25, 0.3) is 0 Å². The first-order chi connectivity index (χ1) is 19.8. The van der Waals surface area contributed by atoms with Crippen LogP contribution in [0.5, 0.6) is 5.75 Å². The summed E-state index contributed by atoms with van der Waals surface area (Å²) in [6, 6.07) is 8.97. The van der Waals surface area contributed by atoms with Crippen LogP contribution in [-0.2, 0) is 10.2 Å². The van der Waals surface area contributed by atoms with E-state index in [4.69, 9.17) is 14.7 Å². The molecule has 0 radical (unpaired) electrons. The molecular weight excluding hydrogens is 510 g/mol. The summed E-state index contributed by atoms with van der Waals surface area (Å²) >= 11 is 0. The SMILES string of the molecule is COc1ccc(C23CCC(CN(C(=O)C4CCCCC4)c4nccc(-c5cnn(C(C)C)c5)n4)(CC2)CC3)cc1C. The normalized spacial score (nSPS) is 24.5. The Morgan fingerprint density at radius 3 is 2.44 bits per heavy atom. The third-order valence-electron chi connectivity index (χ3n) is 10.4. The molecule has 7 rings (SSSR count). The molecule has 4 aliphatic rings. The van der Waals surface area contributed by atoms with Crippen LogP contribution < -0.4 is 9.64 Å². The summed E-state index contributed by atoms with van der Waals surface area (Å²) < 4.78 is 7.48. The van der Waals surface area contributed by atoms with Crippen LogP contribution in [0.2, 0.25) is 0 Å². The van der Waals surface area contributed by atoms with Gasteiger partial charge in [0.15, 0.2) is 0 Å². The molecular formula is C34H45N5O2. The number of nitrogens with zero attached hydrogens (tertiary/aromatic N) is 5. The van der Waals surface area contributed by atoms with Crippen molar-refractivity contribution in [2.45, 2.75) is 103 Å². The summed E-state index contributed by atoms with van der Waals surface area (Å²) in [4.78, 5) is 25.9. The molecule has 0 atom stereocenters. The lowest BCUT2D eigenvalue weighted by atomic mass is 9.51. The molecule has 4 aliphatic carbocycles. The van der Waals surface area contributed by atoms with E-state index in [0.717, 1.165) is 68.5 Å². The van der Waals surface area contributed by atoms with E-state index in [-0.39, 0.29) is 28.7 Å². The maximum absolute atomic E-state index is 14.2. The number of carbonyl (C=O) groups excluding carboxylic acids is 1. The van der Waals surface area contributed by atoms with Gasteiger partial charge in [0.05, 0.1) is 19.0 Å². The van der Waals surface area contributed by atoms with Crippen molar-refractivity contribution in [3.05, 3.63) is 54.0 Å². The summed E-state index contributed by atoms with van der Waals surface area (Å²) in [5, 5.41) is 4.51. The third kappa shape index (κ3) is 5.40. The van der Waals surface area contributed by atoms with Crippen molar-refractivity contribution in [3.63, 3.8) is 0 Å². The number of amides is 1. The van der Waals surface area contributed by atoms with Crippen molar-refractivity contribution in [3.8, 4) is 17.0 Å². The molecule has 2 aromatic heterocycles. The van der Waals surface area contributed by atoms with Crippen LogP contribution in [0, 0.1) is 18.3 Å². The van der Waals surface area contributed by atoms with E-state index < -0.39 is 0 Å². The van der Waals surface area contributed by atoms with Crippen LogP contribution >= 0.6 is 0 Å². The number of ether oxygens (including phenoxy) is 1. The van der Waals surface area contributed by atoms with Crippen molar-refractivity contribution < 1.29 is 9.53 Å². The summed E-state index contributed by atoms with van der Waals surface area (Å²) in [5.41, 5.74) is 4.81. The zero-order valence-electron chi connectivity index (χ0n) is 25.2. The molecule has 7 nitrogen and oxygen atoms in total. The number of hydrogen-bond acceptors (Lipinski definition) is 5. The predicted octanol–water partition coefficient (Wildman–Crippen LogP) is 7.44. The van der Waals surface area contributed by atoms with Gasteiger partial charge in [-0.2, -0.15) is 5.10 Å². The second kappa shape index (κ2) is 11.2. The Hall–Kier alpha value is -3.22. The van der Waals surface area contributed by atoms with E-state index >= 15 is 0 Å². The van der Waals surface area contributed by atoms with Crippen LogP contribution in [-0.4, -0.2) is 39.3 Å². The van der Waals surface area contributed by atoms with Gasteiger partial charge in [0.2, 0.25) is 11.9 Å². The van der Waals surface area contributed by atoms with Gasteiger partial charge in [0, 0.05) is 36.5 Å². The zero-order chi connectivity index (χ0) is 28.6. The lowest BCUT2D eigenvalue weighted by molar-refractivity contribution is -0.124. The quantitative estimate of drug-likeness (QED) is 0.289. The number of anilines is 1. The van der Waals surface area contributed by atoms with Gasteiger partial charge in [-0.1, -0.05) is 31.4 Å². The predicted molar refractivity (Wildman–Crippen MR) is 162 cm³/mol. The fraction of sp³-hybridized carbons (Fsp3) is 0.588. The molecule has 218 valence electrons. The minimum atomic E-state index is 0.0737. The van der Waals surface area contributed by atoms with E-state index in [1.165, 1.54) is 36.8 Å². The van der Waals surface area contributed by atoms with Crippen molar-refractivity contribution in [1.29, 1.82) is 0 Å². The summed E-state index contributed by atoms with van der Waals surface area (Å²) in [5.74, 6) is 1.81. The molecule has 0 N–H and O–H groups in total. The number of benzene rings is 1. The number of rotatable bonds is 8. The van der Waals surface area contributed by atoms with Gasteiger partial charge in [-0.05, 0) is 106 Å². The minimum absolute atomic E-state index is 0.0737. The Morgan fingerprint density at radius 2 is 1.80 bits per heavy atom. The zero-order valence-corrected chi connectivity index (χ0v) is 25.2. The molecule has 41 heavy (non-hydrogen) atoms. The molecule has 1 amide bonds. The van der Waals surface area contributed by atoms with E-state index in [1.54, 1.807) is 7.11 Å². The number of fused-ring (bicyclic) bond motifs is 3. The van der Waals surface area contributed by atoms with Crippen molar-refractivity contribution >= 4 is 11.9 Å². The summed E-state index contributed by atoms with van der Waals surface area (Å²) in [7, 11) is 1.74. The molecule has 4 saturated carbocycles. The Labute approximate surface area is 244 Å². The van der Waals surface area contributed by atoms with Gasteiger partial charge >= 0.3 is 0 Å². The second-order valence-electron chi connectivity index (χ2n) is 13.3. The first-order valence-corrected chi connectivity index (χ1v) is 15.7. The maximum Gasteiger partial charge on any atom is 0.232 e. The van der Waals surface area contributed by atoms with Crippen molar-refractivity contribution in [2.75, 3.05) is 18.6 Å². The van der Waals surface area contributed by atoms with Gasteiger partial charge in [-0.3, -0.25) is 14.4 Å². The van der Waals surface area contributed by atoms with Crippen LogP contribution in [0.3, 0.4) is 0 Å². The van der Waals surface area contributed by atoms with Crippen LogP contribution in [0.4, 0.5) is 5.95 Å². The highest BCUT2D eigenvalue weighted by molar-refractivity contribution is 5.93. The Balaban J connectivity index is 1.27. The number of carbonyl (C=O) groups is 1. The van der Waals surface area contributed by atoms with E-state index in [2.05, 4.69) is 44.1 Å². The fourth-order valence-corrected chi connectivity index (χ4v) is 7.69. The molecule has 3 aromatic rings. The molecule has 0 saturated heterocycles. The number of methoxy groups -OCH3 is 1. The summed E-state index contributed by atoms with van der Waals surface area (Å²) in [6.07, 6.45) is 18.0. The molecule has 2 heterocycles. The van der Waals surface area contributed by atoms with Crippen molar-refractivity contribution in [1.82, 2.24) is 19.7 Å². The second-order valence-corrected chi connectivity index (χ2v) is 13.3. The Bertz CT molecular complexity index is 1360. The Kier molecular flexibility index (Phi) is 7.64. The smallest absolute Gasteiger partial charge is 0.232 e. The molecule has 0 aliphatic heterocycles. The average molecular weight is 556 g/mol. The summed E-state index contributed by atoms with van der Waals surface area (Å²) in [6.45, 7) is 7.09. The highest BCUT2D eigenvalue weighted by atomic mass is 16.5. The van der Waals surface area contributed by atoms with Crippen LogP contribution in [0.15, 0.2) is 42.9 Å². The minimum Gasteiger partial charge on any atom is -0.496 e. The first kappa shape index (κ1) is 27.9. The van der Waals surface area contributed by atoms with Crippen molar-refractivity contribution in [2.24, 2.45) is 11.3 Å². The third-order valence-corrected chi connectivity index (χ3v) is 10.4. The van der Waals surface area contributed by atoms with Gasteiger partial charge in [-0.15, -0.1) is 0 Å². The standard InChI is InChI=1S/C34H45N5O2/c1-24(2)39-22-27(21-36-39)29-12-19-35-32(37-29)38(31(40)26-8-6-5-7-9-26)23-33-13-16-34(17-14-33,18-15-33)28-10-11-30(41-4)25(3)20-28/h10-12,19-22,24,26H,5-9,13-18,23H2,1-4H3. The maximum atomic E-state index is 14.2. The number of hydrogen-bond donors (Lipinski definition) is 0. The Morgan fingerprint density at radius 1 is 1.07 bits per heavy atom. The molecule has 7 heteroatoms. The largest absolute Gasteiger partial charge is 0.496 e. The van der Waals surface area contributed by atoms with E-state index in [9.17, 15) is 4.79 Å². The number of aromatic nitrogens is 4. The topological polar surface area (TPSA) is 73.1 Å². The molecule has 2 bridgehead atoms. The number of aryl methyl sites for hydroxylation is 1. The van der Waals surface area contributed by atoms with Gasteiger partial charge < -0.3 is 4.74 Å². The monoisotopic (exact) mass is 555 g/mol. The lowest BCUT2D eigenvalue weighted by Gasteiger charge is -2.55. The highest BCUT2D eigenvalue weighted by Gasteiger charge is 2.51. The van der Waals surface area contributed by atoms with E-state index in [1.807, 2.05) is 34.2 Å². The van der Waals surface area contributed by atoms with Crippen LogP contribution in [0.25, 0.3) is 11.3 Å². The van der Waals surface area contributed by atoms with Crippen LogP contribution in [0.1, 0.15) is 102 Å².